The van der Waals surface area contributed by atoms with Gasteiger partial charge in [0.2, 0.25) is 0 Å². The molecule has 3 rings (SSSR count). The SMILES string of the molecule is CC(C)(COC(=O)Nc1ccccc1)c1cc(CS(=O)(=O)O)ccc1OC(=O)Nc1ccccc1. The Balaban J connectivity index is 1.80. The van der Waals surface area contributed by atoms with Crippen molar-refractivity contribution >= 4 is 33.7 Å². The minimum atomic E-state index is -4.29. The third-order valence-corrected chi connectivity index (χ3v) is 5.63. The smallest absolute Gasteiger partial charge is 0.417 e. The number of ether oxygens (including phenoxy) is 2. The highest BCUT2D eigenvalue weighted by Gasteiger charge is 2.29. The molecule has 0 unspecified atom stereocenters. The summed E-state index contributed by atoms with van der Waals surface area (Å²) in [6.45, 7) is 3.38. The van der Waals surface area contributed by atoms with Crippen molar-refractivity contribution in [3.63, 3.8) is 0 Å². The summed E-state index contributed by atoms with van der Waals surface area (Å²) in [6, 6.07) is 21.8. The van der Waals surface area contributed by atoms with Crippen molar-refractivity contribution in [2.45, 2.75) is 25.0 Å². The van der Waals surface area contributed by atoms with Crippen LogP contribution in [0.4, 0.5) is 21.0 Å². The number of anilines is 2. The number of rotatable bonds is 8. The average Bonchev–Trinajstić information content (AvgIpc) is 2.79. The number of nitrogens with one attached hydrogen (secondary N) is 2. The number of hydrogen-bond donors (Lipinski definition) is 3. The number of carbonyl (C=O) groups excluding carboxylic acids is 2. The van der Waals surface area contributed by atoms with E-state index in [-0.39, 0.29) is 17.9 Å². The van der Waals surface area contributed by atoms with Crippen LogP contribution in [-0.4, -0.2) is 31.8 Å². The standard InChI is InChI=1S/C25H26N2O7S/c1-25(2,17-33-23(28)26-19-9-5-3-6-10-19)21-15-18(16-35(30,31)32)13-14-22(21)34-24(29)27-20-11-7-4-8-12-20/h3-15H,16-17H2,1-2H3,(H,26,28)(H,27,29)(H,30,31,32). The molecule has 9 nitrogen and oxygen atoms in total. The van der Waals surface area contributed by atoms with Gasteiger partial charge in [0, 0.05) is 22.4 Å². The molecule has 0 fully saturated rings. The van der Waals surface area contributed by atoms with Gasteiger partial charge in [-0.3, -0.25) is 15.2 Å². The predicted molar refractivity (Wildman–Crippen MR) is 132 cm³/mol. The van der Waals surface area contributed by atoms with Gasteiger partial charge in [-0.15, -0.1) is 0 Å². The molecule has 0 bridgehead atoms. The first-order chi connectivity index (χ1) is 16.5. The lowest BCUT2D eigenvalue weighted by Crippen LogP contribution is -2.29. The molecule has 2 amide bonds. The summed E-state index contributed by atoms with van der Waals surface area (Å²) in [6.07, 6.45) is -1.43. The van der Waals surface area contributed by atoms with Crippen LogP contribution in [0, 0.1) is 0 Å². The van der Waals surface area contributed by atoms with E-state index < -0.39 is 33.5 Å². The van der Waals surface area contributed by atoms with Crippen molar-refractivity contribution in [2.24, 2.45) is 0 Å². The second-order valence-electron chi connectivity index (χ2n) is 8.39. The average molecular weight is 499 g/mol. The number of para-hydroxylation sites is 2. The van der Waals surface area contributed by atoms with Gasteiger partial charge >= 0.3 is 12.2 Å². The summed E-state index contributed by atoms with van der Waals surface area (Å²) in [5.74, 6) is -0.475. The fraction of sp³-hybridized carbons (Fsp3) is 0.200. The summed E-state index contributed by atoms with van der Waals surface area (Å²) in [7, 11) is -4.29. The zero-order valence-corrected chi connectivity index (χ0v) is 20.0. The number of amides is 2. The molecule has 3 N–H and O–H groups in total. The molecular weight excluding hydrogens is 472 g/mol. The van der Waals surface area contributed by atoms with Gasteiger partial charge in [0.15, 0.2) is 0 Å². The van der Waals surface area contributed by atoms with Gasteiger partial charge in [-0.25, -0.2) is 9.59 Å². The molecule has 0 atom stereocenters. The summed E-state index contributed by atoms with van der Waals surface area (Å²) >= 11 is 0. The van der Waals surface area contributed by atoms with Crippen LogP contribution < -0.4 is 15.4 Å². The molecule has 0 radical (unpaired) electrons. The van der Waals surface area contributed by atoms with Gasteiger partial charge in [0.1, 0.15) is 18.1 Å². The van der Waals surface area contributed by atoms with Crippen LogP contribution in [0.25, 0.3) is 0 Å². The minimum Gasteiger partial charge on any atom is -0.448 e. The van der Waals surface area contributed by atoms with E-state index in [1.165, 1.54) is 18.2 Å². The number of carbonyl (C=O) groups is 2. The van der Waals surface area contributed by atoms with Crippen LogP contribution in [0.2, 0.25) is 0 Å². The molecule has 0 aromatic heterocycles. The van der Waals surface area contributed by atoms with E-state index in [4.69, 9.17) is 9.47 Å². The lowest BCUT2D eigenvalue weighted by Gasteiger charge is -2.27. The van der Waals surface area contributed by atoms with Gasteiger partial charge in [0.25, 0.3) is 10.1 Å². The largest absolute Gasteiger partial charge is 0.448 e. The predicted octanol–water partition coefficient (Wildman–Crippen LogP) is 5.21. The molecule has 0 spiro atoms. The molecule has 3 aromatic carbocycles. The molecule has 0 saturated heterocycles. The number of benzene rings is 3. The van der Waals surface area contributed by atoms with Gasteiger partial charge in [-0.2, -0.15) is 8.42 Å². The Morgan fingerprint density at radius 2 is 1.40 bits per heavy atom. The highest BCUT2D eigenvalue weighted by Crippen LogP contribution is 2.34. The summed E-state index contributed by atoms with van der Waals surface area (Å²) < 4.78 is 42.9. The van der Waals surface area contributed by atoms with Gasteiger partial charge in [0.05, 0.1) is 0 Å². The molecule has 35 heavy (non-hydrogen) atoms. The Morgan fingerprint density at radius 1 is 0.857 bits per heavy atom. The Labute approximate surface area is 203 Å². The van der Waals surface area contributed by atoms with E-state index in [2.05, 4.69) is 10.6 Å². The normalized spacial score (nSPS) is 11.4. The maximum absolute atomic E-state index is 12.5. The van der Waals surface area contributed by atoms with Crippen LogP contribution in [0.1, 0.15) is 25.0 Å². The Kier molecular flexibility index (Phi) is 8.10. The summed E-state index contributed by atoms with van der Waals surface area (Å²) in [5.41, 5.74) is 0.884. The van der Waals surface area contributed by atoms with Crippen LogP contribution in [0.5, 0.6) is 5.75 Å². The second kappa shape index (κ2) is 11.0. The van der Waals surface area contributed by atoms with E-state index in [0.717, 1.165) is 0 Å². The van der Waals surface area contributed by atoms with E-state index in [1.807, 2.05) is 6.07 Å². The van der Waals surface area contributed by atoms with Gasteiger partial charge in [-0.05, 0) is 35.9 Å². The lowest BCUT2D eigenvalue weighted by atomic mass is 9.84. The highest BCUT2D eigenvalue weighted by molar-refractivity contribution is 7.85. The highest BCUT2D eigenvalue weighted by atomic mass is 32.2. The van der Waals surface area contributed by atoms with Crippen molar-refractivity contribution in [1.82, 2.24) is 0 Å². The van der Waals surface area contributed by atoms with E-state index in [9.17, 15) is 22.6 Å². The first kappa shape index (κ1) is 25.7. The van der Waals surface area contributed by atoms with Crippen LogP contribution in [0.15, 0.2) is 78.9 Å². The Bertz CT molecular complexity index is 1280. The maximum atomic E-state index is 12.5. The van der Waals surface area contributed by atoms with E-state index in [1.54, 1.807) is 68.4 Å². The minimum absolute atomic E-state index is 0.113. The first-order valence-electron chi connectivity index (χ1n) is 10.6. The van der Waals surface area contributed by atoms with Crippen LogP contribution in [0.3, 0.4) is 0 Å². The Morgan fingerprint density at radius 3 is 1.94 bits per heavy atom. The third-order valence-electron chi connectivity index (χ3n) is 4.93. The second-order valence-corrected chi connectivity index (χ2v) is 9.84. The molecule has 0 aliphatic carbocycles. The summed E-state index contributed by atoms with van der Waals surface area (Å²) in [4.78, 5) is 24.7. The molecule has 0 saturated carbocycles. The van der Waals surface area contributed by atoms with Crippen molar-refractivity contribution < 1.29 is 32.0 Å². The molecular formula is C25H26N2O7S. The van der Waals surface area contributed by atoms with Crippen molar-refractivity contribution in [3.05, 3.63) is 90.0 Å². The lowest BCUT2D eigenvalue weighted by molar-refractivity contribution is 0.136. The molecule has 10 heteroatoms. The zero-order chi connectivity index (χ0) is 25.5. The topological polar surface area (TPSA) is 131 Å². The quantitative estimate of drug-likeness (QED) is 0.363. The molecule has 0 heterocycles. The van der Waals surface area contributed by atoms with E-state index in [0.29, 0.717) is 16.9 Å². The van der Waals surface area contributed by atoms with E-state index >= 15 is 0 Å². The number of hydrogen-bond acceptors (Lipinski definition) is 6. The first-order valence-corrected chi connectivity index (χ1v) is 12.2. The van der Waals surface area contributed by atoms with Crippen molar-refractivity contribution in [2.75, 3.05) is 17.2 Å². The van der Waals surface area contributed by atoms with Crippen LogP contribution in [-0.2, 0) is 26.0 Å². The fourth-order valence-electron chi connectivity index (χ4n) is 3.26. The molecule has 0 aliphatic heterocycles. The molecule has 184 valence electrons. The zero-order valence-electron chi connectivity index (χ0n) is 19.2. The van der Waals surface area contributed by atoms with Crippen molar-refractivity contribution in [3.8, 4) is 5.75 Å². The third kappa shape index (κ3) is 8.13. The van der Waals surface area contributed by atoms with Gasteiger partial charge in [-0.1, -0.05) is 62.4 Å². The monoisotopic (exact) mass is 498 g/mol. The Hall–Kier alpha value is -3.89. The molecule has 0 aliphatic rings. The van der Waals surface area contributed by atoms with Crippen LogP contribution >= 0.6 is 0 Å². The van der Waals surface area contributed by atoms with Crippen molar-refractivity contribution in [1.29, 1.82) is 0 Å². The maximum Gasteiger partial charge on any atom is 0.417 e. The molecule has 3 aromatic rings. The summed E-state index contributed by atoms with van der Waals surface area (Å²) in [5, 5.41) is 5.22. The fourth-order valence-corrected chi connectivity index (χ4v) is 3.86. The van der Waals surface area contributed by atoms with Gasteiger partial charge < -0.3 is 9.47 Å².